The van der Waals surface area contributed by atoms with Crippen LogP contribution in [0.25, 0.3) is 0 Å². The summed E-state index contributed by atoms with van der Waals surface area (Å²) in [5.74, 6) is 0.714. The molecule has 0 bridgehead atoms. The second-order valence-electron chi connectivity index (χ2n) is 5.00. The third-order valence-electron chi connectivity index (χ3n) is 3.46. The fraction of sp³-hybridized carbons (Fsp3) is 0.571. The van der Waals surface area contributed by atoms with E-state index in [9.17, 15) is 5.11 Å². The van der Waals surface area contributed by atoms with E-state index in [1.807, 2.05) is 18.2 Å². The second-order valence-corrected chi connectivity index (χ2v) is 5.85. The lowest BCUT2D eigenvalue weighted by Crippen LogP contribution is -2.37. The van der Waals surface area contributed by atoms with Crippen molar-refractivity contribution >= 4 is 15.9 Å². The van der Waals surface area contributed by atoms with Gasteiger partial charge in [-0.3, -0.25) is 0 Å². The van der Waals surface area contributed by atoms with E-state index >= 15 is 0 Å². The van der Waals surface area contributed by atoms with E-state index in [2.05, 4.69) is 15.9 Å². The number of ether oxygens (including phenoxy) is 1. The third kappa shape index (κ3) is 3.46. The number of aliphatic hydroxyl groups is 2. The van der Waals surface area contributed by atoms with Crippen molar-refractivity contribution in [2.45, 2.75) is 44.3 Å². The van der Waals surface area contributed by atoms with Crippen LogP contribution in [0.15, 0.2) is 22.7 Å². The zero-order chi connectivity index (χ0) is 13.0. The zero-order valence-corrected chi connectivity index (χ0v) is 11.9. The highest BCUT2D eigenvalue weighted by atomic mass is 79.9. The van der Waals surface area contributed by atoms with E-state index in [0.717, 1.165) is 35.7 Å². The summed E-state index contributed by atoms with van der Waals surface area (Å²) in [6.07, 6.45) is 4.99. The van der Waals surface area contributed by atoms with Crippen molar-refractivity contribution in [3.63, 3.8) is 0 Å². The van der Waals surface area contributed by atoms with Crippen LogP contribution in [-0.4, -0.2) is 22.4 Å². The van der Waals surface area contributed by atoms with Crippen molar-refractivity contribution in [3.8, 4) is 5.75 Å². The van der Waals surface area contributed by atoms with E-state index < -0.39 is 5.60 Å². The molecule has 3 nitrogen and oxygen atoms in total. The molecule has 1 aliphatic rings. The average Bonchev–Trinajstić information content (AvgIpc) is 2.38. The van der Waals surface area contributed by atoms with Gasteiger partial charge < -0.3 is 14.9 Å². The van der Waals surface area contributed by atoms with Gasteiger partial charge in [-0.25, -0.2) is 0 Å². The number of benzene rings is 1. The molecule has 4 heteroatoms. The summed E-state index contributed by atoms with van der Waals surface area (Å²) in [7, 11) is 0. The van der Waals surface area contributed by atoms with Crippen molar-refractivity contribution < 1.29 is 14.9 Å². The van der Waals surface area contributed by atoms with E-state index in [0.29, 0.717) is 12.4 Å². The zero-order valence-electron chi connectivity index (χ0n) is 10.4. The molecule has 0 unspecified atom stereocenters. The molecule has 2 rings (SSSR count). The van der Waals surface area contributed by atoms with Crippen LogP contribution in [-0.2, 0) is 6.61 Å². The van der Waals surface area contributed by atoms with Crippen LogP contribution in [0.1, 0.15) is 37.7 Å². The molecular weight excluding hydrogens is 296 g/mol. The smallest absolute Gasteiger partial charge is 0.133 e. The maximum Gasteiger partial charge on any atom is 0.133 e. The maximum absolute atomic E-state index is 10.3. The molecule has 1 aromatic carbocycles. The van der Waals surface area contributed by atoms with E-state index in [1.54, 1.807) is 0 Å². The van der Waals surface area contributed by atoms with Gasteiger partial charge in [0.2, 0.25) is 0 Å². The topological polar surface area (TPSA) is 49.7 Å². The van der Waals surface area contributed by atoms with Crippen LogP contribution in [0, 0.1) is 0 Å². The van der Waals surface area contributed by atoms with Crippen LogP contribution in [0.4, 0.5) is 0 Å². The predicted octanol–water partition coefficient (Wildman–Crippen LogP) is 3.02. The molecule has 18 heavy (non-hydrogen) atoms. The van der Waals surface area contributed by atoms with Gasteiger partial charge in [0.25, 0.3) is 0 Å². The lowest BCUT2D eigenvalue weighted by Gasteiger charge is -2.31. The SMILES string of the molecule is OCc1ccc(OCC2(O)CCCCC2)c(Br)c1. The monoisotopic (exact) mass is 314 g/mol. The van der Waals surface area contributed by atoms with Gasteiger partial charge in [-0.05, 0) is 46.5 Å². The lowest BCUT2D eigenvalue weighted by molar-refractivity contribution is -0.0340. The van der Waals surface area contributed by atoms with Gasteiger partial charge in [0, 0.05) is 0 Å². The number of halogens is 1. The van der Waals surface area contributed by atoms with Crippen molar-refractivity contribution in [1.29, 1.82) is 0 Å². The Labute approximate surface area is 116 Å². The van der Waals surface area contributed by atoms with Crippen LogP contribution >= 0.6 is 15.9 Å². The number of hydrogen-bond acceptors (Lipinski definition) is 3. The van der Waals surface area contributed by atoms with Crippen molar-refractivity contribution in [3.05, 3.63) is 28.2 Å². The summed E-state index contributed by atoms with van der Waals surface area (Å²) in [5.41, 5.74) is 0.165. The Bertz CT molecular complexity index is 400. The Morgan fingerprint density at radius 2 is 1.94 bits per heavy atom. The van der Waals surface area contributed by atoms with Crippen molar-refractivity contribution in [2.75, 3.05) is 6.61 Å². The predicted molar refractivity (Wildman–Crippen MR) is 73.6 cm³/mol. The van der Waals surface area contributed by atoms with Crippen LogP contribution in [0.3, 0.4) is 0 Å². The summed E-state index contributed by atoms with van der Waals surface area (Å²) in [4.78, 5) is 0. The summed E-state index contributed by atoms with van der Waals surface area (Å²) < 4.78 is 6.51. The average molecular weight is 315 g/mol. The van der Waals surface area contributed by atoms with Crippen LogP contribution < -0.4 is 4.74 Å². The lowest BCUT2D eigenvalue weighted by atomic mass is 9.85. The number of hydrogen-bond donors (Lipinski definition) is 2. The standard InChI is InChI=1S/C14H19BrO3/c15-12-8-11(9-16)4-5-13(12)18-10-14(17)6-2-1-3-7-14/h4-5,8,16-17H,1-3,6-7,9-10H2. The maximum atomic E-state index is 10.3. The van der Waals surface area contributed by atoms with E-state index in [4.69, 9.17) is 9.84 Å². The summed E-state index contributed by atoms with van der Waals surface area (Å²) in [6, 6.07) is 5.48. The largest absolute Gasteiger partial charge is 0.489 e. The fourth-order valence-corrected chi connectivity index (χ4v) is 2.87. The Kier molecular flexibility index (Phi) is 4.65. The van der Waals surface area contributed by atoms with Gasteiger partial charge in [-0.15, -0.1) is 0 Å². The summed E-state index contributed by atoms with van der Waals surface area (Å²) in [6.45, 7) is 0.354. The van der Waals surface area contributed by atoms with Crippen LogP contribution in [0.5, 0.6) is 5.75 Å². The van der Waals surface area contributed by atoms with Crippen molar-refractivity contribution in [1.82, 2.24) is 0 Å². The number of aliphatic hydroxyl groups excluding tert-OH is 1. The molecule has 0 aliphatic heterocycles. The highest BCUT2D eigenvalue weighted by molar-refractivity contribution is 9.10. The third-order valence-corrected chi connectivity index (χ3v) is 4.08. The van der Waals surface area contributed by atoms with Gasteiger partial charge in [0.05, 0.1) is 16.7 Å². The summed E-state index contributed by atoms with van der Waals surface area (Å²) in [5, 5.41) is 19.4. The molecular formula is C14H19BrO3. The Balaban J connectivity index is 1.97. The highest BCUT2D eigenvalue weighted by Crippen LogP contribution is 2.31. The highest BCUT2D eigenvalue weighted by Gasteiger charge is 2.30. The molecule has 1 aliphatic carbocycles. The number of rotatable bonds is 4. The van der Waals surface area contributed by atoms with Gasteiger partial charge in [-0.2, -0.15) is 0 Å². The van der Waals surface area contributed by atoms with Crippen molar-refractivity contribution in [2.24, 2.45) is 0 Å². The Hall–Kier alpha value is -0.580. The fourth-order valence-electron chi connectivity index (χ4n) is 2.33. The molecule has 0 radical (unpaired) electrons. The first-order valence-corrected chi connectivity index (χ1v) is 7.17. The first-order chi connectivity index (χ1) is 8.63. The second kappa shape index (κ2) is 6.04. The summed E-state index contributed by atoms with van der Waals surface area (Å²) >= 11 is 3.41. The molecule has 0 aromatic heterocycles. The van der Waals surface area contributed by atoms with E-state index in [1.165, 1.54) is 6.42 Å². The van der Waals surface area contributed by atoms with Gasteiger partial charge in [0.15, 0.2) is 0 Å². The molecule has 1 saturated carbocycles. The molecule has 0 atom stereocenters. The molecule has 0 amide bonds. The minimum absolute atomic E-state index is 0.0167. The Morgan fingerprint density at radius 3 is 2.56 bits per heavy atom. The van der Waals surface area contributed by atoms with Gasteiger partial charge in [0.1, 0.15) is 12.4 Å². The first-order valence-electron chi connectivity index (χ1n) is 6.37. The molecule has 0 saturated heterocycles. The quantitative estimate of drug-likeness (QED) is 0.898. The molecule has 0 spiro atoms. The minimum Gasteiger partial charge on any atom is -0.489 e. The Morgan fingerprint density at radius 1 is 1.22 bits per heavy atom. The molecule has 100 valence electrons. The molecule has 1 aromatic rings. The molecule has 1 fully saturated rings. The normalized spacial score (nSPS) is 18.6. The van der Waals surface area contributed by atoms with Gasteiger partial charge >= 0.3 is 0 Å². The minimum atomic E-state index is -0.673. The molecule has 2 N–H and O–H groups in total. The van der Waals surface area contributed by atoms with Crippen LogP contribution in [0.2, 0.25) is 0 Å². The van der Waals surface area contributed by atoms with E-state index in [-0.39, 0.29) is 6.61 Å². The van der Waals surface area contributed by atoms with Gasteiger partial charge in [-0.1, -0.05) is 25.3 Å². The molecule has 0 heterocycles. The first kappa shape index (κ1) is 13.8.